The molecule has 0 aliphatic carbocycles. The molecule has 0 aliphatic rings. The van der Waals surface area contributed by atoms with Gasteiger partial charge in [0.2, 0.25) is 0 Å². The minimum atomic E-state index is 1.02. The van der Waals surface area contributed by atoms with Crippen LogP contribution in [0.2, 0.25) is 0 Å². The molecule has 0 aliphatic heterocycles. The van der Waals surface area contributed by atoms with E-state index in [-0.39, 0.29) is 0 Å². The molecule has 8 aromatic carbocycles. The maximum absolute atomic E-state index is 5.42. The Bertz CT molecular complexity index is 3400. The average molecular weight is 683 g/mol. The molecule has 0 amide bonds. The van der Waals surface area contributed by atoms with Crippen molar-refractivity contribution in [2.75, 3.05) is 0 Å². The van der Waals surface area contributed by atoms with Crippen LogP contribution in [0, 0.1) is 0 Å². The molecule has 0 unspecified atom stereocenters. The molecule has 236 valence electrons. The van der Waals surface area contributed by atoms with Crippen LogP contribution >= 0.6 is 22.7 Å². The van der Waals surface area contributed by atoms with Crippen LogP contribution in [0.1, 0.15) is 0 Å². The van der Waals surface area contributed by atoms with Crippen LogP contribution in [0.15, 0.2) is 158 Å². The quantitative estimate of drug-likeness (QED) is 0.166. The summed E-state index contributed by atoms with van der Waals surface area (Å²) in [7, 11) is 0. The summed E-state index contributed by atoms with van der Waals surface area (Å²) < 4.78 is 7.59. The Kier molecular flexibility index (Phi) is 5.56. The fraction of sp³-hybridized carbons (Fsp3) is 0. The van der Waals surface area contributed by atoms with Gasteiger partial charge in [0.1, 0.15) is 0 Å². The summed E-state index contributed by atoms with van der Waals surface area (Å²) in [6.45, 7) is 0. The van der Waals surface area contributed by atoms with Crippen molar-refractivity contribution >= 4 is 112 Å². The number of rotatable bonds is 2. The highest BCUT2D eigenvalue weighted by molar-refractivity contribution is 7.27. The smallest absolute Gasteiger partial charge is 0.156 e. The lowest BCUT2D eigenvalue weighted by Gasteiger charge is -2.11. The van der Waals surface area contributed by atoms with Crippen molar-refractivity contribution < 1.29 is 0 Å². The Morgan fingerprint density at radius 1 is 0.412 bits per heavy atom. The first kappa shape index (κ1) is 27.7. The van der Waals surface area contributed by atoms with Gasteiger partial charge in [-0.1, -0.05) is 109 Å². The first-order valence-electron chi connectivity index (χ1n) is 17.3. The fourth-order valence-corrected chi connectivity index (χ4v) is 10.7. The van der Waals surface area contributed by atoms with E-state index in [1.54, 1.807) is 0 Å². The molecular formula is C47H26N2S2. The van der Waals surface area contributed by atoms with Crippen molar-refractivity contribution in [2.24, 2.45) is 0 Å². The lowest BCUT2D eigenvalue weighted by atomic mass is 9.99. The Labute approximate surface area is 300 Å². The number of imidazole rings is 1. The van der Waals surface area contributed by atoms with Gasteiger partial charge in [0, 0.05) is 35.6 Å². The van der Waals surface area contributed by atoms with E-state index in [1.165, 1.54) is 89.4 Å². The second-order valence-electron chi connectivity index (χ2n) is 13.6. The van der Waals surface area contributed by atoms with E-state index in [1.807, 2.05) is 22.7 Å². The largest absolute Gasteiger partial charge is 0.291 e. The Morgan fingerprint density at radius 2 is 1.06 bits per heavy atom. The predicted molar refractivity (Wildman–Crippen MR) is 222 cm³/mol. The van der Waals surface area contributed by atoms with Gasteiger partial charge in [0.25, 0.3) is 0 Å². The lowest BCUT2D eigenvalue weighted by molar-refractivity contribution is 1.25. The molecule has 0 fully saturated rings. The third kappa shape index (κ3) is 4.00. The van der Waals surface area contributed by atoms with Gasteiger partial charge >= 0.3 is 0 Å². The van der Waals surface area contributed by atoms with E-state index >= 15 is 0 Å². The van der Waals surface area contributed by atoms with Crippen LogP contribution in [0.5, 0.6) is 0 Å². The molecule has 0 radical (unpaired) electrons. The number of benzene rings is 8. The maximum Gasteiger partial charge on any atom is 0.156 e. The number of hydrogen-bond donors (Lipinski definition) is 0. The van der Waals surface area contributed by atoms with Gasteiger partial charge in [-0.25, -0.2) is 4.98 Å². The topological polar surface area (TPSA) is 17.3 Å². The average Bonchev–Trinajstić information content (AvgIpc) is 3.86. The second kappa shape index (κ2) is 10.2. The summed E-state index contributed by atoms with van der Waals surface area (Å²) >= 11 is 3.73. The number of aromatic nitrogens is 2. The monoisotopic (exact) mass is 682 g/mol. The van der Waals surface area contributed by atoms with Gasteiger partial charge in [0.05, 0.1) is 21.4 Å². The summed E-state index contributed by atoms with van der Waals surface area (Å²) in [5, 5.41) is 12.7. The second-order valence-corrected chi connectivity index (χ2v) is 15.7. The SMILES string of the molecule is c1ccc2cc3cc4c(cc3cc2c1)nc1c2sc3cc5ccccc5cc3c2cc(-c2ccc(-c3cccc5c3sc3ccccc35)cc2)n41. The van der Waals surface area contributed by atoms with Crippen LogP contribution in [0.3, 0.4) is 0 Å². The van der Waals surface area contributed by atoms with Crippen molar-refractivity contribution in [1.82, 2.24) is 9.38 Å². The van der Waals surface area contributed by atoms with Crippen LogP contribution < -0.4 is 0 Å². The van der Waals surface area contributed by atoms with Gasteiger partial charge in [-0.3, -0.25) is 4.40 Å². The summed E-state index contributed by atoms with van der Waals surface area (Å²) in [4.78, 5) is 5.42. The zero-order chi connectivity index (χ0) is 33.2. The summed E-state index contributed by atoms with van der Waals surface area (Å²) in [6, 6.07) is 58.3. The highest BCUT2D eigenvalue weighted by Crippen LogP contribution is 2.44. The van der Waals surface area contributed by atoms with E-state index in [0.717, 1.165) is 22.4 Å². The third-order valence-electron chi connectivity index (χ3n) is 10.7. The van der Waals surface area contributed by atoms with Gasteiger partial charge in [0.15, 0.2) is 5.65 Å². The number of hydrogen-bond acceptors (Lipinski definition) is 3. The molecule has 0 saturated carbocycles. The number of thiophene rings is 2. The van der Waals surface area contributed by atoms with Crippen molar-refractivity contribution in [1.29, 1.82) is 0 Å². The standard InChI is InChI=1S/C47H26N2S2/c1-2-9-30-21-34-24-42-40(23-33(34)20-29(30)8-1)48-47-46-39(38-22-31-10-3-4-11-32(31)25-44(38)51-46)26-41(49(42)47)28-18-16-27(17-19-28)35-13-7-14-37-36-12-5-6-15-43(36)50-45(35)37/h1-26H. The number of nitrogens with zero attached hydrogens (tertiary/aromatic N) is 2. The maximum atomic E-state index is 5.42. The van der Waals surface area contributed by atoms with Crippen molar-refractivity contribution in [3.05, 3.63) is 158 Å². The van der Waals surface area contributed by atoms with Crippen LogP contribution in [0.25, 0.3) is 112 Å². The predicted octanol–water partition coefficient (Wildman–Crippen LogP) is 14.0. The minimum absolute atomic E-state index is 1.02. The zero-order valence-corrected chi connectivity index (χ0v) is 28.9. The molecule has 2 nitrogen and oxygen atoms in total. The van der Waals surface area contributed by atoms with E-state index < -0.39 is 0 Å². The molecule has 0 atom stereocenters. The molecule has 4 heterocycles. The Morgan fingerprint density at radius 3 is 1.86 bits per heavy atom. The van der Waals surface area contributed by atoms with Crippen LogP contribution in [-0.2, 0) is 0 Å². The number of pyridine rings is 1. The van der Waals surface area contributed by atoms with E-state index in [2.05, 4.69) is 162 Å². The highest BCUT2D eigenvalue weighted by atomic mass is 32.1. The van der Waals surface area contributed by atoms with Crippen molar-refractivity contribution in [3.63, 3.8) is 0 Å². The molecular weight excluding hydrogens is 657 g/mol. The summed E-state index contributed by atoms with van der Waals surface area (Å²) in [5.74, 6) is 0. The molecule has 4 heteroatoms. The van der Waals surface area contributed by atoms with Crippen LogP contribution in [-0.4, -0.2) is 9.38 Å². The summed E-state index contributed by atoms with van der Waals surface area (Å²) in [6.07, 6.45) is 0. The Balaban J connectivity index is 1.13. The van der Waals surface area contributed by atoms with Gasteiger partial charge < -0.3 is 0 Å². The van der Waals surface area contributed by atoms with Crippen molar-refractivity contribution in [2.45, 2.75) is 0 Å². The van der Waals surface area contributed by atoms with Gasteiger partial charge in [-0.15, -0.1) is 22.7 Å². The first-order valence-corrected chi connectivity index (χ1v) is 18.9. The van der Waals surface area contributed by atoms with Crippen molar-refractivity contribution in [3.8, 4) is 22.4 Å². The van der Waals surface area contributed by atoms with E-state index in [0.29, 0.717) is 0 Å². The molecule has 12 aromatic rings. The summed E-state index contributed by atoms with van der Waals surface area (Å²) in [5.41, 5.74) is 8.00. The van der Waals surface area contributed by atoms with E-state index in [9.17, 15) is 0 Å². The molecule has 0 saturated heterocycles. The molecule has 0 bridgehead atoms. The molecule has 0 N–H and O–H groups in total. The minimum Gasteiger partial charge on any atom is -0.291 e. The van der Waals surface area contributed by atoms with Crippen LogP contribution in [0.4, 0.5) is 0 Å². The lowest BCUT2D eigenvalue weighted by Crippen LogP contribution is -1.93. The van der Waals surface area contributed by atoms with E-state index in [4.69, 9.17) is 4.98 Å². The molecule has 12 rings (SSSR count). The fourth-order valence-electron chi connectivity index (χ4n) is 8.23. The Hall–Kier alpha value is -6.07. The molecule has 4 aromatic heterocycles. The third-order valence-corrected chi connectivity index (χ3v) is 13.1. The van der Waals surface area contributed by atoms with Gasteiger partial charge in [-0.05, 0) is 97.5 Å². The number of fused-ring (bicyclic) bond motifs is 13. The highest BCUT2D eigenvalue weighted by Gasteiger charge is 2.19. The zero-order valence-electron chi connectivity index (χ0n) is 27.2. The first-order chi connectivity index (χ1) is 25.2. The normalized spacial score (nSPS) is 12.3. The molecule has 0 spiro atoms. The molecule has 51 heavy (non-hydrogen) atoms. The van der Waals surface area contributed by atoms with Gasteiger partial charge in [-0.2, -0.15) is 0 Å².